The Labute approximate surface area is 122 Å². The van der Waals surface area contributed by atoms with Gasteiger partial charge in [0.15, 0.2) is 0 Å². The van der Waals surface area contributed by atoms with Gasteiger partial charge in [-0.15, -0.1) is 12.4 Å². The molecule has 0 saturated heterocycles. The lowest BCUT2D eigenvalue weighted by Crippen LogP contribution is -2.10. The van der Waals surface area contributed by atoms with Crippen molar-refractivity contribution >= 4 is 18.1 Å². The van der Waals surface area contributed by atoms with Crippen molar-refractivity contribution in [3.63, 3.8) is 0 Å². The van der Waals surface area contributed by atoms with Crippen molar-refractivity contribution in [2.75, 3.05) is 5.32 Å². The van der Waals surface area contributed by atoms with Crippen LogP contribution in [0.3, 0.4) is 0 Å². The number of unbranched alkanes of at least 4 members (excludes halogenated alkanes) is 1. The van der Waals surface area contributed by atoms with Crippen molar-refractivity contribution in [1.29, 1.82) is 0 Å². The summed E-state index contributed by atoms with van der Waals surface area (Å²) >= 11 is 0. The zero-order valence-corrected chi connectivity index (χ0v) is 12.2. The first kappa shape index (κ1) is 15.6. The molecule has 0 aliphatic carbocycles. The molecular weight excluding hydrogens is 254 g/mol. The third-order valence-corrected chi connectivity index (χ3v) is 3.16. The molecule has 19 heavy (non-hydrogen) atoms. The quantitative estimate of drug-likeness (QED) is 0.739. The maximum absolute atomic E-state index is 3.63. The van der Waals surface area contributed by atoms with Crippen molar-refractivity contribution in [1.82, 2.24) is 0 Å². The Morgan fingerprint density at radius 1 is 0.895 bits per heavy atom. The average molecular weight is 276 g/mol. The van der Waals surface area contributed by atoms with Crippen LogP contribution in [-0.2, 0) is 0 Å². The fourth-order valence-electron chi connectivity index (χ4n) is 2.15. The maximum atomic E-state index is 3.63. The van der Waals surface area contributed by atoms with E-state index in [1.807, 2.05) is 0 Å². The first-order valence-corrected chi connectivity index (χ1v) is 6.76. The Morgan fingerprint density at radius 3 is 2.05 bits per heavy atom. The van der Waals surface area contributed by atoms with E-state index in [4.69, 9.17) is 0 Å². The van der Waals surface area contributed by atoms with E-state index in [0.717, 1.165) is 0 Å². The lowest BCUT2D eigenvalue weighted by Gasteiger charge is -2.20. The third-order valence-electron chi connectivity index (χ3n) is 3.16. The number of rotatable bonds is 6. The molecule has 102 valence electrons. The van der Waals surface area contributed by atoms with Crippen molar-refractivity contribution in [2.45, 2.75) is 32.2 Å². The molecule has 1 nitrogen and oxygen atoms in total. The molecule has 1 N–H and O–H groups in total. The molecule has 2 aromatic rings. The smallest absolute Gasteiger partial charge is 0.0513 e. The average Bonchev–Trinajstić information content (AvgIpc) is 2.45. The van der Waals surface area contributed by atoms with Crippen LogP contribution in [0.2, 0.25) is 0 Å². The molecule has 0 fully saturated rings. The second kappa shape index (κ2) is 8.60. The molecular formula is C17H22ClN. The number of nitrogens with one attached hydrogen (secondary N) is 1. The molecule has 0 spiro atoms. The van der Waals surface area contributed by atoms with Crippen molar-refractivity contribution in [3.8, 4) is 0 Å². The second-order valence-electron chi connectivity index (χ2n) is 4.62. The first-order valence-electron chi connectivity index (χ1n) is 6.76. The highest BCUT2D eigenvalue weighted by atomic mass is 35.5. The zero-order valence-electron chi connectivity index (χ0n) is 11.4. The standard InChI is InChI=1S/C17H21N.ClH/c1-2-3-14-17(15-10-6-4-7-11-15)18-16-12-8-5-9-13-16;/h4-13,17-18H,2-3,14H2,1H3;1H. The molecule has 0 aliphatic heterocycles. The van der Waals surface area contributed by atoms with Crippen LogP contribution < -0.4 is 5.32 Å². The van der Waals surface area contributed by atoms with E-state index in [9.17, 15) is 0 Å². The monoisotopic (exact) mass is 275 g/mol. The van der Waals surface area contributed by atoms with Crippen LogP contribution in [0.5, 0.6) is 0 Å². The van der Waals surface area contributed by atoms with E-state index >= 15 is 0 Å². The minimum absolute atomic E-state index is 0. The topological polar surface area (TPSA) is 12.0 Å². The summed E-state index contributed by atoms with van der Waals surface area (Å²) < 4.78 is 0. The van der Waals surface area contributed by atoms with E-state index < -0.39 is 0 Å². The van der Waals surface area contributed by atoms with E-state index in [-0.39, 0.29) is 12.4 Å². The third kappa shape index (κ3) is 4.96. The van der Waals surface area contributed by atoms with Crippen LogP contribution in [0, 0.1) is 0 Å². The summed E-state index contributed by atoms with van der Waals surface area (Å²) in [7, 11) is 0. The van der Waals surface area contributed by atoms with Crippen LogP contribution in [0.15, 0.2) is 60.7 Å². The molecule has 0 radical (unpaired) electrons. The Balaban J connectivity index is 0.00000180. The summed E-state index contributed by atoms with van der Waals surface area (Å²) in [4.78, 5) is 0. The van der Waals surface area contributed by atoms with Gasteiger partial charge in [0.05, 0.1) is 6.04 Å². The maximum Gasteiger partial charge on any atom is 0.0513 e. The van der Waals surface area contributed by atoms with E-state index in [1.165, 1.54) is 30.5 Å². The largest absolute Gasteiger partial charge is 0.378 e. The van der Waals surface area contributed by atoms with Gasteiger partial charge in [-0.3, -0.25) is 0 Å². The van der Waals surface area contributed by atoms with Gasteiger partial charge in [0.25, 0.3) is 0 Å². The summed E-state index contributed by atoms with van der Waals surface area (Å²) in [5, 5.41) is 3.63. The number of anilines is 1. The molecule has 2 heteroatoms. The molecule has 0 aromatic heterocycles. The molecule has 1 unspecified atom stereocenters. The predicted octanol–water partition coefficient (Wildman–Crippen LogP) is 5.45. The van der Waals surface area contributed by atoms with Crippen molar-refractivity contribution < 1.29 is 0 Å². The van der Waals surface area contributed by atoms with Gasteiger partial charge >= 0.3 is 0 Å². The molecule has 2 aromatic carbocycles. The number of hydrogen-bond acceptors (Lipinski definition) is 1. The van der Waals surface area contributed by atoms with E-state index in [1.54, 1.807) is 0 Å². The highest BCUT2D eigenvalue weighted by Crippen LogP contribution is 2.24. The summed E-state index contributed by atoms with van der Waals surface area (Å²) in [6, 6.07) is 21.6. The van der Waals surface area contributed by atoms with Crippen LogP contribution in [0.25, 0.3) is 0 Å². The van der Waals surface area contributed by atoms with Gasteiger partial charge < -0.3 is 5.32 Å². The Bertz CT molecular complexity index is 441. The van der Waals surface area contributed by atoms with E-state index in [2.05, 4.69) is 72.9 Å². The summed E-state index contributed by atoms with van der Waals surface area (Å²) in [6.07, 6.45) is 3.66. The van der Waals surface area contributed by atoms with Gasteiger partial charge in [0.1, 0.15) is 0 Å². The zero-order chi connectivity index (χ0) is 12.6. The van der Waals surface area contributed by atoms with Gasteiger partial charge in [-0.25, -0.2) is 0 Å². The number of hydrogen-bond donors (Lipinski definition) is 1. The molecule has 0 aliphatic rings. The van der Waals surface area contributed by atoms with Gasteiger partial charge in [0, 0.05) is 5.69 Å². The molecule has 0 heterocycles. The Morgan fingerprint density at radius 2 is 1.47 bits per heavy atom. The SMILES string of the molecule is CCCCC(Nc1ccccc1)c1ccccc1.Cl. The van der Waals surface area contributed by atoms with Crippen LogP contribution >= 0.6 is 12.4 Å². The summed E-state index contributed by atoms with van der Waals surface area (Å²) in [5.41, 5.74) is 2.57. The van der Waals surface area contributed by atoms with Gasteiger partial charge in [-0.05, 0) is 24.1 Å². The molecule has 0 amide bonds. The second-order valence-corrected chi connectivity index (χ2v) is 4.62. The number of para-hydroxylation sites is 1. The van der Waals surface area contributed by atoms with Crippen LogP contribution in [0.4, 0.5) is 5.69 Å². The minimum Gasteiger partial charge on any atom is -0.378 e. The highest BCUT2D eigenvalue weighted by molar-refractivity contribution is 5.85. The number of benzene rings is 2. The molecule has 1 atom stereocenters. The van der Waals surface area contributed by atoms with Gasteiger partial charge in [-0.2, -0.15) is 0 Å². The van der Waals surface area contributed by atoms with Gasteiger partial charge in [0.2, 0.25) is 0 Å². The number of halogens is 1. The fourth-order valence-corrected chi connectivity index (χ4v) is 2.15. The van der Waals surface area contributed by atoms with Crippen molar-refractivity contribution in [3.05, 3.63) is 66.2 Å². The van der Waals surface area contributed by atoms with E-state index in [0.29, 0.717) is 6.04 Å². The lowest BCUT2D eigenvalue weighted by atomic mass is 10.0. The Kier molecular flexibility index (Phi) is 7.06. The Hall–Kier alpha value is -1.47. The summed E-state index contributed by atoms with van der Waals surface area (Å²) in [6.45, 7) is 2.24. The predicted molar refractivity (Wildman–Crippen MR) is 86.0 cm³/mol. The van der Waals surface area contributed by atoms with Crippen LogP contribution in [-0.4, -0.2) is 0 Å². The normalized spacial score (nSPS) is 11.4. The van der Waals surface area contributed by atoms with Gasteiger partial charge in [-0.1, -0.05) is 68.3 Å². The molecule has 2 rings (SSSR count). The summed E-state index contributed by atoms with van der Waals surface area (Å²) in [5.74, 6) is 0. The first-order chi connectivity index (χ1) is 8.90. The van der Waals surface area contributed by atoms with Crippen LogP contribution in [0.1, 0.15) is 37.8 Å². The fraction of sp³-hybridized carbons (Fsp3) is 0.294. The molecule has 0 saturated carbocycles. The minimum atomic E-state index is 0. The van der Waals surface area contributed by atoms with Crippen molar-refractivity contribution in [2.24, 2.45) is 0 Å². The highest BCUT2D eigenvalue weighted by Gasteiger charge is 2.09. The molecule has 0 bridgehead atoms. The lowest BCUT2D eigenvalue weighted by molar-refractivity contribution is 0.634.